The Bertz CT molecular complexity index is 441. The Hall–Kier alpha value is -0.500. The Kier molecular flexibility index (Phi) is 5.76. The van der Waals surface area contributed by atoms with Gasteiger partial charge in [0.25, 0.3) is 0 Å². The zero-order valence-corrected chi connectivity index (χ0v) is 15.0. The van der Waals surface area contributed by atoms with Crippen LogP contribution < -0.4 is 5.32 Å². The summed E-state index contributed by atoms with van der Waals surface area (Å²) in [5, 5.41) is 11.9. The maximum absolute atomic E-state index is 5.52. The van der Waals surface area contributed by atoms with Crippen LogP contribution in [-0.4, -0.2) is 58.3 Å². The van der Waals surface area contributed by atoms with Gasteiger partial charge in [-0.15, -0.1) is 5.10 Å². The molecule has 2 atom stereocenters. The van der Waals surface area contributed by atoms with Gasteiger partial charge in [0.05, 0.1) is 24.9 Å². The number of hydrogen-bond donors (Lipinski definition) is 1. The Labute approximate surface area is 135 Å². The topological polar surface area (TPSA) is 55.2 Å². The molecule has 7 heteroatoms. The molecular weight excluding hydrogens is 334 g/mol. The van der Waals surface area contributed by atoms with Crippen LogP contribution in [0.4, 0.5) is 0 Å². The van der Waals surface area contributed by atoms with Gasteiger partial charge in [-0.05, 0) is 35.8 Å². The summed E-state index contributed by atoms with van der Waals surface area (Å²) in [7, 11) is 1.95. The highest BCUT2D eigenvalue weighted by molar-refractivity contribution is 9.10. The van der Waals surface area contributed by atoms with Gasteiger partial charge in [0.2, 0.25) is 0 Å². The maximum Gasteiger partial charge on any atom is 0.153 e. The van der Waals surface area contributed by atoms with Gasteiger partial charge in [0.1, 0.15) is 0 Å². The van der Waals surface area contributed by atoms with Gasteiger partial charge in [0.15, 0.2) is 4.60 Å². The summed E-state index contributed by atoms with van der Waals surface area (Å²) in [6, 6.07) is 0.167. The number of aryl methyl sites for hydroxylation is 1. The molecule has 1 aromatic heterocycles. The van der Waals surface area contributed by atoms with Crippen molar-refractivity contribution < 1.29 is 4.74 Å². The molecule has 1 aromatic rings. The molecular formula is C14H26BrN5O. The Morgan fingerprint density at radius 3 is 2.52 bits per heavy atom. The van der Waals surface area contributed by atoms with Gasteiger partial charge in [0, 0.05) is 25.7 Å². The molecule has 1 aliphatic heterocycles. The number of ether oxygens (including phenoxy) is 1. The van der Waals surface area contributed by atoms with Crippen LogP contribution in [-0.2, 0) is 11.8 Å². The molecule has 2 heterocycles. The lowest BCUT2D eigenvalue weighted by Crippen LogP contribution is -2.58. The van der Waals surface area contributed by atoms with Crippen molar-refractivity contribution in [3.63, 3.8) is 0 Å². The quantitative estimate of drug-likeness (QED) is 0.838. The predicted molar refractivity (Wildman–Crippen MR) is 86.2 cm³/mol. The highest BCUT2D eigenvalue weighted by Gasteiger charge is 2.42. The van der Waals surface area contributed by atoms with Crippen molar-refractivity contribution in [2.75, 3.05) is 32.8 Å². The number of halogens is 1. The average Bonchev–Trinajstić information content (AvgIpc) is 2.84. The molecule has 1 N–H and O–H groups in total. The van der Waals surface area contributed by atoms with Gasteiger partial charge >= 0.3 is 0 Å². The Morgan fingerprint density at radius 1 is 1.38 bits per heavy atom. The molecule has 6 nitrogen and oxygen atoms in total. The minimum absolute atomic E-state index is 0.00220. The summed E-state index contributed by atoms with van der Waals surface area (Å²) >= 11 is 3.56. The van der Waals surface area contributed by atoms with Crippen LogP contribution in [0.2, 0.25) is 0 Å². The molecule has 0 bridgehead atoms. The van der Waals surface area contributed by atoms with Gasteiger partial charge < -0.3 is 10.1 Å². The van der Waals surface area contributed by atoms with Crippen LogP contribution in [0.15, 0.2) is 4.60 Å². The fourth-order valence-electron chi connectivity index (χ4n) is 3.14. The Morgan fingerprint density at radius 2 is 2.05 bits per heavy atom. The maximum atomic E-state index is 5.52. The third kappa shape index (κ3) is 3.31. The van der Waals surface area contributed by atoms with Crippen LogP contribution in [0.5, 0.6) is 0 Å². The molecule has 0 amide bonds. The molecule has 0 spiro atoms. The molecule has 21 heavy (non-hydrogen) atoms. The molecule has 0 aliphatic carbocycles. The third-order valence-electron chi connectivity index (χ3n) is 4.58. The first kappa shape index (κ1) is 16.9. The summed E-state index contributed by atoms with van der Waals surface area (Å²) in [5.41, 5.74) is 1.10. The Balaban J connectivity index is 2.38. The molecule has 1 fully saturated rings. The van der Waals surface area contributed by atoms with Gasteiger partial charge in [-0.2, -0.15) is 0 Å². The van der Waals surface area contributed by atoms with Crippen molar-refractivity contribution in [3.8, 4) is 0 Å². The normalized spacial score (nSPS) is 21.2. The van der Waals surface area contributed by atoms with E-state index in [1.807, 2.05) is 11.7 Å². The van der Waals surface area contributed by atoms with Gasteiger partial charge in [-0.1, -0.05) is 19.1 Å². The lowest BCUT2D eigenvalue weighted by Gasteiger charge is -2.47. The third-order valence-corrected chi connectivity index (χ3v) is 5.14. The second-order valence-corrected chi connectivity index (χ2v) is 6.44. The summed E-state index contributed by atoms with van der Waals surface area (Å²) < 4.78 is 8.21. The van der Waals surface area contributed by atoms with Crippen molar-refractivity contribution >= 4 is 15.9 Å². The SMILES string of the molecule is CCNC(c1c(Br)nnn1C)C(C)(CC)N1CCOCC1. The van der Waals surface area contributed by atoms with E-state index in [9.17, 15) is 0 Å². The molecule has 120 valence electrons. The number of rotatable bonds is 6. The van der Waals surface area contributed by atoms with Crippen LogP contribution in [0.3, 0.4) is 0 Å². The summed E-state index contributed by atoms with van der Waals surface area (Å²) in [4.78, 5) is 2.53. The smallest absolute Gasteiger partial charge is 0.153 e. The first-order chi connectivity index (χ1) is 10.0. The van der Waals surface area contributed by atoms with Crippen molar-refractivity contribution in [1.82, 2.24) is 25.2 Å². The van der Waals surface area contributed by atoms with E-state index in [2.05, 4.69) is 57.2 Å². The highest BCUT2D eigenvalue weighted by Crippen LogP contribution is 2.36. The minimum Gasteiger partial charge on any atom is -0.379 e. The van der Waals surface area contributed by atoms with E-state index in [4.69, 9.17) is 4.74 Å². The number of likely N-dealkylation sites (N-methyl/N-ethyl adjacent to an activating group) is 1. The van der Waals surface area contributed by atoms with E-state index in [0.29, 0.717) is 0 Å². The second-order valence-electron chi connectivity index (χ2n) is 5.69. The van der Waals surface area contributed by atoms with Crippen LogP contribution >= 0.6 is 15.9 Å². The monoisotopic (exact) mass is 359 g/mol. The zero-order valence-electron chi connectivity index (χ0n) is 13.4. The van der Waals surface area contributed by atoms with Crippen LogP contribution in [0.25, 0.3) is 0 Å². The van der Waals surface area contributed by atoms with E-state index in [1.165, 1.54) is 0 Å². The second kappa shape index (κ2) is 7.17. The number of hydrogen-bond acceptors (Lipinski definition) is 5. The van der Waals surface area contributed by atoms with Gasteiger partial charge in [-0.3, -0.25) is 4.90 Å². The molecule has 2 unspecified atom stereocenters. The van der Waals surface area contributed by atoms with Crippen LogP contribution in [0, 0.1) is 0 Å². The molecule has 0 saturated carbocycles. The van der Waals surface area contributed by atoms with E-state index in [0.717, 1.165) is 49.6 Å². The van der Waals surface area contributed by atoms with E-state index in [1.54, 1.807) is 0 Å². The molecule has 1 aliphatic rings. The standard InChI is InChI=1S/C14H26BrN5O/c1-5-14(3,20-7-9-21-10-8-20)12(16-6-2)11-13(15)17-18-19(11)4/h12,16H,5-10H2,1-4H3. The lowest BCUT2D eigenvalue weighted by molar-refractivity contribution is -0.0338. The minimum atomic E-state index is -0.00220. The van der Waals surface area contributed by atoms with Crippen molar-refractivity contribution in [3.05, 3.63) is 10.3 Å². The zero-order chi connectivity index (χ0) is 15.5. The molecule has 2 rings (SSSR count). The van der Waals surface area contributed by atoms with Crippen molar-refractivity contribution in [1.29, 1.82) is 0 Å². The van der Waals surface area contributed by atoms with E-state index in [-0.39, 0.29) is 11.6 Å². The number of aromatic nitrogens is 3. The number of nitrogens with one attached hydrogen (secondary N) is 1. The summed E-state index contributed by atoms with van der Waals surface area (Å²) in [5.74, 6) is 0. The fourth-order valence-corrected chi connectivity index (χ4v) is 3.70. The van der Waals surface area contributed by atoms with Crippen molar-refractivity contribution in [2.45, 2.75) is 38.8 Å². The molecule has 1 saturated heterocycles. The summed E-state index contributed by atoms with van der Waals surface area (Å²) in [6.07, 6.45) is 1.04. The lowest BCUT2D eigenvalue weighted by atomic mass is 9.84. The van der Waals surface area contributed by atoms with Crippen LogP contribution in [0.1, 0.15) is 38.9 Å². The predicted octanol–water partition coefficient (Wildman–Crippen LogP) is 1.73. The first-order valence-electron chi connectivity index (χ1n) is 7.65. The van der Waals surface area contributed by atoms with E-state index >= 15 is 0 Å². The number of nitrogens with zero attached hydrogens (tertiary/aromatic N) is 4. The number of morpholine rings is 1. The van der Waals surface area contributed by atoms with Crippen molar-refractivity contribution in [2.24, 2.45) is 7.05 Å². The first-order valence-corrected chi connectivity index (χ1v) is 8.45. The molecule has 0 aromatic carbocycles. The van der Waals surface area contributed by atoms with Gasteiger partial charge in [-0.25, -0.2) is 4.68 Å². The fraction of sp³-hybridized carbons (Fsp3) is 0.857. The highest BCUT2D eigenvalue weighted by atomic mass is 79.9. The summed E-state index contributed by atoms with van der Waals surface area (Å²) in [6.45, 7) is 11.2. The van der Waals surface area contributed by atoms with E-state index < -0.39 is 0 Å². The average molecular weight is 360 g/mol. The molecule has 0 radical (unpaired) electrons. The largest absolute Gasteiger partial charge is 0.379 e.